The SMILES string of the molecule is C[C@@H]1CN(C(=O)c2cccc(O)c2)C[C@H]1C(=O)O. The van der Waals surface area contributed by atoms with Gasteiger partial charge in [-0.25, -0.2) is 0 Å². The molecule has 2 N–H and O–H groups in total. The fourth-order valence-corrected chi connectivity index (χ4v) is 2.28. The van der Waals surface area contributed by atoms with E-state index in [0.29, 0.717) is 12.1 Å². The van der Waals surface area contributed by atoms with Crippen molar-refractivity contribution in [1.82, 2.24) is 4.90 Å². The minimum atomic E-state index is -0.867. The van der Waals surface area contributed by atoms with E-state index in [9.17, 15) is 14.7 Å². The first-order chi connectivity index (χ1) is 8.49. The first-order valence-electron chi connectivity index (χ1n) is 5.80. The van der Waals surface area contributed by atoms with Crippen LogP contribution < -0.4 is 0 Å². The number of carbonyl (C=O) groups excluding carboxylic acids is 1. The van der Waals surface area contributed by atoms with Crippen LogP contribution in [0.2, 0.25) is 0 Å². The number of benzene rings is 1. The molecule has 1 amide bonds. The number of carbonyl (C=O) groups is 2. The first kappa shape index (κ1) is 12.4. The van der Waals surface area contributed by atoms with Gasteiger partial charge in [-0.05, 0) is 24.1 Å². The Bertz CT molecular complexity index is 486. The normalized spacial score (nSPS) is 23.1. The summed E-state index contributed by atoms with van der Waals surface area (Å²) in [6.45, 7) is 2.49. The quantitative estimate of drug-likeness (QED) is 0.825. The number of rotatable bonds is 2. The highest BCUT2D eigenvalue weighted by molar-refractivity contribution is 5.95. The van der Waals surface area contributed by atoms with Gasteiger partial charge in [0, 0.05) is 18.7 Å². The van der Waals surface area contributed by atoms with Crippen molar-refractivity contribution in [3.63, 3.8) is 0 Å². The third-order valence-electron chi connectivity index (χ3n) is 3.31. The van der Waals surface area contributed by atoms with Crippen LogP contribution >= 0.6 is 0 Å². The zero-order valence-electron chi connectivity index (χ0n) is 10.0. The fourth-order valence-electron chi connectivity index (χ4n) is 2.28. The van der Waals surface area contributed by atoms with Crippen molar-refractivity contribution < 1.29 is 19.8 Å². The molecule has 0 bridgehead atoms. The van der Waals surface area contributed by atoms with Crippen LogP contribution in [0.25, 0.3) is 0 Å². The molecule has 0 unspecified atom stereocenters. The van der Waals surface area contributed by atoms with E-state index in [2.05, 4.69) is 0 Å². The van der Waals surface area contributed by atoms with E-state index in [1.54, 1.807) is 12.1 Å². The number of aromatic hydroxyl groups is 1. The fraction of sp³-hybridized carbons (Fsp3) is 0.385. The maximum absolute atomic E-state index is 12.1. The Morgan fingerprint density at radius 1 is 1.33 bits per heavy atom. The maximum atomic E-state index is 12.1. The first-order valence-corrected chi connectivity index (χ1v) is 5.80. The average molecular weight is 249 g/mol. The zero-order chi connectivity index (χ0) is 13.3. The molecule has 0 aliphatic carbocycles. The van der Waals surface area contributed by atoms with Crippen LogP contribution in [-0.4, -0.2) is 40.1 Å². The third kappa shape index (κ3) is 2.30. The summed E-state index contributed by atoms with van der Waals surface area (Å²) < 4.78 is 0. The summed E-state index contributed by atoms with van der Waals surface area (Å²) in [6.07, 6.45) is 0. The standard InChI is InChI=1S/C13H15NO4/c1-8-6-14(7-11(8)13(17)18)12(16)9-3-2-4-10(15)5-9/h2-5,8,11,15H,6-7H2,1H3,(H,17,18)/t8-,11-/m1/s1. The molecule has 1 saturated heterocycles. The predicted octanol–water partition coefficient (Wildman–Crippen LogP) is 1.18. The molecule has 1 heterocycles. The highest BCUT2D eigenvalue weighted by Gasteiger charge is 2.37. The number of hydrogen-bond acceptors (Lipinski definition) is 3. The number of likely N-dealkylation sites (tertiary alicyclic amines) is 1. The summed E-state index contributed by atoms with van der Waals surface area (Å²) in [5.74, 6) is -1.63. The van der Waals surface area contributed by atoms with Crippen molar-refractivity contribution in [3.8, 4) is 5.75 Å². The van der Waals surface area contributed by atoms with E-state index in [-0.39, 0.29) is 24.1 Å². The smallest absolute Gasteiger partial charge is 0.308 e. The van der Waals surface area contributed by atoms with Gasteiger partial charge in [-0.2, -0.15) is 0 Å². The van der Waals surface area contributed by atoms with Crippen molar-refractivity contribution in [2.75, 3.05) is 13.1 Å². The van der Waals surface area contributed by atoms with Gasteiger partial charge in [0.2, 0.25) is 0 Å². The van der Waals surface area contributed by atoms with Crippen LogP contribution in [0.5, 0.6) is 5.75 Å². The molecule has 5 heteroatoms. The second-order valence-corrected chi connectivity index (χ2v) is 4.68. The van der Waals surface area contributed by atoms with E-state index in [1.165, 1.54) is 17.0 Å². The van der Waals surface area contributed by atoms with Gasteiger partial charge in [0.1, 0.15) is 5.75 Å². The second-order valence-electron chi connectivity index (χ2n) is 4.68. The summed E-state index contributed by atoms with van der Waals surface area (Å²) in [5.41, 5.74) is 0.383. The van der Waals surface area contributed by atoms with Crippen LogP contribution in [0.15, 0.2) is 24.3 Å². The highest BCUT2D eigenvalue weighted by atomic mass is 16.4. The molecule has 0 aromatic heterocycles. The summed E-state index contributed by atoms with van der Waals surface area (Å²) in [5, 5.41) is 18.4. The molecular weight excluding hydrogens is 234 g/mol. The van der Waals surface area contributed by atoms with Gasteiger partial charge in [-0.15, -0.1) is 0 Å². The largest absolute Gasteiger partial charge is 0.508 e. The van der Waals surface area contributed by atoms with Crippen molar-refractivity contribution in [2.45, 2.75) is 6.92 Å². The van der Waals surface area contributed by atoms with E-state index in [1.807, 2.05) is 6.92 Å². The van der Waals surface area contributed by atoms with E-state index in [0.717, 1.165) is 0 Å². The molecule has 1 fully saturated rings. The Morgan fingerprint density at radius 2 is 2.06 bits per heavy atom. The summed E-state index contributed by atoms with van der Waals surface area (Å²) >= 11 is 0. The Balaban J connectivity index is 2.14. The minimum absolute atomic E-state index is 0.0304. The number of aliphatic carboxylic acids is 1. The monoisotopic (exact) mass is 249 g/mol. The lowest BCUT2D eigenvalue weighted by Crippen LogP contribution is -2.29. The predicted molar refractivity (Wildman–Crippen MR) is 64.3 cm³/mol. The molecule has 1 aliphatic rings. The van der Waals surface area contributed by atoms with Gasteiger partial charge >= 0.3 is 5.97 Å². The topological polar surface area (TPSA) is 77.8 Å². The van der Waals surface area contributed by atoms with E-state index < -0.39 is 11.9 Å². The van der Waals surface area contributed by atoms with Crippen molar-refractivity contribution in [2.24, 2.45) is 11.8 Å². The van der Waals surface area contributed by atoms with Crippen LogP contribution in [0.3, 0.4) is 0 Å². The minimum Gasteiger partial charge on any atom is -0.508 e. The molecule has 0 radical (unpaired) electrons. The van der Waals surface area contributed by atoms with Crippen molar-refractivity contribution >= 4 is 11.9 Å². The zero-order valence-corrected chi connectivity index (χ0v) is 10.0. The van der Waals surface area contributed by atoms with Crippen LogP contribution in [0.4, 0.5) is 0 Å². The maximum Gasteiger partial charge on any atom is 0.308 e. The van der Waals surface area contributed by atoms with E-state index in [4.69, 9.17) is 5.11 Å². The van der Waals surface area contributed by atoms with Gasteiger partial charge in [0.05, 0.1) is 5.92 Å². The molecule has 1 aromatic carbocycles. The molecule has 5 nitrogen and oxygen atoms in total. The number of hydrogen-bond donors (Lipinski definition) is 2. The summed E-state index contributed by atoms with van der Waals surface area (Å²) in [6, 6.07) is 6.09. The van der Waals surface area contributed by atoms with Crippen molar-refractivity contribution in [1.29, 1.82) is 0 Å². The van der Waals surface area contributed by atoms with Gasteiger partial charge in [0.15, 0.2) is 0 Å². The number of nitrogens with zero attached hydrogens (tertiary/aromatic N) is 1. The van der Waals surface area contributed by atoms with Crippen molar-refractivity contribution in [3.05, 3.63) is 29.8 Å². The number of phenols is 1. The third-order valence-corrected chi connectivity index (χ3v) is 3.31. The summed E-state index contributed by atoms with van der Waals surface area (Å²) in [7, 11) is 0. The molecule has 1 aromatic rings. The molecule has 18 heavy (non-hydrogen) atoms. The Labute approximate surface area is 105 Å². The molecule has 2 atom stereocenters. The molecule has 96 valence electrons. The van der Waals surface area contributed by atoms with E-state index >= 15 is 0 Å². The van der Waals surface area contributed by atoms with Gasteiger partial charge < -0.3 is 15.1 Å². The second kappa shape index (κ2) is 4.68. The summed E-state index contributed by atoms with van der Waals surface area (Å²) in [4.78, 5) is 24.7. The lowest BCUT2D eigenvalue weighted by atomic mass is 9.99. The average Bonchev–Trinajstić information content (AvgIpc) is 2.70. The van der Waals surface area contributed by atoms with Gasteiger partial charge in [-0.3, -0.25) is 9.59 Å². The van der Waals surface area contributed by atoms with Gasteiger partial charge in [-0.1, -0.05) is 13.0 Å². The molecule has 2 rings (SSSR count). The number of carboxylic acids is 1. The van der Waals surface area contributed by atoms with Gasteiger partial charge in [0.25, 0.3) is 5.91 Å². The molecule has 0 saturated carbocycles. The highest BCUT2D eigenvalue weighted by Crippen LogP contribution is 2.25. The lowest BCUT2D eigenvalue weighted by molar-refractivity contribution is -0.142. The number of phenolic OH excluding ortho intramolecular Hbond substituents is 1. The number of amides is 1. The molecule has 1 aliphatic heterocycles. The van der Waals surface area contributed by atoms with Crippen LogP contribution in [0, 0.1) is 11.8 Å². The Hall–Kier alpha value is -2.04. The number of carboxylic acid groups (broad SMARTS) is 1. The lowest BCUT2D eigenvalue weighted by Gasteiger charge is -2.15. The Kier molecular flexibility index (Phi) is 3.23. The molecule has 0 spiro atoms. The van der Waals surface area contributed by atoms with Crippen LogP contribution in [0.1, 0.15) is 17.3 Å². The van der Waals surface area contributed by atoms with Crippen LogP contribution in [-0.2, 0) is 4.79 Å². The Morgan fingerprint density at radius 3 is 2.61 bits per heavy atom. The molecular formula is C13H15NO4.